The van der Waals surface area contributed by atoms with Crippen molar-refractivity contribution in [2.24, 2.45) is 5.92 Å². The van der Waals surface area contributed by atoms with Gasteiger partial charge in [-0.15, -0.1) is 0 Å². The van der Waals surface area contributed by atoms with Gasteiger partial charge < -0.3 is 10.1 Å². The largest absolute Gasteiger partial charge is 0.497 e. The van der Waals surface area contributed by atoms with Crippen LogP contribution in [-0.2, 0) is 6.42 Å². The molecule has 0 bridgehead atoms. The average molecular weight is 249 g/mol. The van der Waals surface area contributed by atoms with Crippen LogP contribution >= 0.6 is 0 Å². The molecule has 2 unspecified atom stereocenters. The van der Waals surface area contributed by atoms with Crippen LogP contribution in [0.2, 0.25) is 0 Å². The highest BCUT2D eigenvalue weighted by atomic mass is 16.5. The summed E-state index contributed by atoms with van der Waals surface area (Å²) in [6.07, 6.45) is 3.61. The second-order valence-electron chi connectivity index (χ2n) is 5.20. The Kier molecular flexibility index (Phi) is 6.81. The number of benzene rings is 1. The normalized spacial score (nSPS) is 14.2. The molecule has 1 aromatic rings. The van der Waals surface area contributed by atoms with Crippen LogP contribution in [0.3, 0.4) is 0 Å². The molecule has 1 aromatic carbocycles. The van der Waals surface area contributed by atoms with Crippen LogP contribution in [0.5, 0.6) is 5.75 Å². The van der Waals surface area contributed by atoms with E-state index in [2.05, 4.69) is 38.2 Å². The van der Waals surface area contributed by atoms with Crippen molar-refractivity contribution in [2.45, 2.75) is 46.1 Å². The molecule has 2 heteroatoms. The Morgan fingerprint density at radius 3 is 2.39 bits per heavy atom. The SMILES string of the molecule is CCC(C)CC(C)NCCc1ccc(OC)cc1. The van der Waals surface area contributed by atoms with Gasteiger partial charge in [-0.2, -0.15) is 0 Å². The zero-order chi connectivity index (χ0) is 13.4. The quantitative estimate of drug-likeness (QED) is 0.759. The molecule has 0 aliphatic carbocycles. The van der Waals surface area contributed by atoms with Crippen molar-refractivity contribution in [3.8, 4) is 5.75 Å². The molecule has 1 N–H and O–H groups in total. The highest BCUT2D eigenvalue weighted by Crippen LogP contribution is 2.12. The minimum atomic E-state index is 0.609. The number of ether oxygens (including phenoxy) is 1. The third-order valence-corrected chi connectivity index (χ3v) is 3.52. The van der Waals surface area contributed by atoms with Crippen LogP contribution in [0.25, 0.3) is 0 Å². The van der Waals surface area contributed by atoms with Gasteiger partial charge in [0.05, 0.1) is 7.11 Å². The summed E-state index contributed by atoms with van der Waals surface area (Å²) in [6, 6.07) is 8.94. The molecule has 18 heavy (non-hydrogen) atoms. The van der Waals surface area contributed by atoms with Crippen molar-refractivity contribution in [3.05, 3.63) is 29.8 Å². The van der Waals surface area contributed by atoms with Crippen LogP contribution in [0, 0.1) is 5.92 Å². The lowest BCUT2D eigenvalue weighted by molar-refractivity contribution is 0.412. The van der Waals surface area contributed by atoms with Gasteiger partial charge in [0.1, 0.15) is 5.75 Å². The predicted molar refractivity (Wildman–Crippen MR) is 78.2 cm³/mol. The third-order valence-electron chi connectivity index (χ3n) is 3.52. The molecule has 0 aliphatic rings. The minimum absolute atomic E-state index is 0.609. The zero-order valence-electron chi connectivity index (χ0n) is 12.2. The van der Waals surface area contributed by atoms with E-state index in [1.165, 1.54) is 18.4 Å². The van der Waals surface area contributed by atoms with Gasteiger partial charge in [-0.1, -0.05) is 32.4 Å². The Morgan fingerprint density at radius 2 is 1.83 bits per heavy atom. The second kappa shape index (κ2) is 8.15. The van der Waals surface area contributed by atoms with E-state index in [1.807, 2.05) is 12.1 Å². The van der Waals surface area contributed by atoms with E-state index < -0.39 is 0 Å². The fourth-order valence-corrected chi connectivity index (χ4v) is 2.11. The van der Waals surface area contributed by atoms with Gasteiger partial charge in [0.2, 0.25) is 0 Å². The van der Waals surface area contributed by atoms with Gasteiger partial charge >= 0.3 is 0 Å². The summed E-state index contributed by atoms with van der Waals surface area (Å²) >= 11 is 0. The molecule has 0 saturated heterocycles. The first-order valence-electron chi connectivity index (χ1n) is 7.02. The predicted octanol–water partition coefficient (Wildman–Crippen LogP) is 3.65. The van der Waals surface area contributed by atoms with Crippen molar-refractivity contribution in [2.75, 3.05) is 13.7 Å². The fraction of sp³-hybridized carbons (Fsp3) is 0.625. The van der Waals surface area contributed by atoms with E-state index in [1.54, 1.807) is 7.11 Å². The Bertz CT molecular complexity index is 320. The van der Waals surface area contributed by atoms with Gasteiger partial charge in [0.15, 0.2) is 0 Å². The maximum absolute atomic E-state index is 5.15. The molecular weight excluding hydrogens is 222 g/mol. The van der Waals surface area contributed by atoms with Crippen molar-refractivity contribution in [3.63, 3.8) is 0 Å². The van der Waals surface area contributed by atoms with Crippen LogP contribution in [0.4, 0.5) is 0 Å². The fourth-order valence-electron chi connectivity index (χ4n) is 2.11. The number of methoxy groups -OCH3 is 1. The first-order valence-corrected chi connectivity index (χ1v) is 7.02. The molecular formula is C16H27NO. The molecule has 0 aromatic heterocycles. The number of nitrogens with one attached hydrogen (secondary N) is 1. The van der Waals surface area contributed by atoms with Crippen LogP contribution in [-0.4, -0.2) is 19.7 Å². The van der Waals surface area contributed by atoms with Gasteiger partial charge in [0.25, 0.3) is 0 Å². The molecule has 0 amide bonds. The highest BCUT2D eigenvalue weighted by molar-refractivity contribution is 5.27. The van der Waals surface area contributed by atoms with Gasteiger partial charge in [-0.05, 0) is 49.9 Å². The van der Waals surface area contributed by atoms with Crippen LogP contribution < -0.4 is 10.1 Å². The lowest BCUT2D eigenvalue weighted by Gasteiger charge is -2.17. The smallest absolute Gasteiger partial charge is 0.118 e. The Balaban J connectivity index is 2.24. The molecule has 1 rings (SSSR count). The van der Waals surface area contributed by atoms with Gasteiger partial charge in [0, 0.05) is 6.04 Å². The summed E-state index contributed by atoms with van der Waals surface area (Å²) in [5.41, 5.74) is 1.36. The summed E-state index contributed by atoms with van der Waals surface area (Å²) in [6.45, 7) is 7.90. The zero-order valence-corrected chi connectivity index (χ0v) is 12.2. The van der Waals surface area contributed by atoms with E-state index in [4.69, 9.17) is 4.74 Å². The third kappa shape index (κ3) is 5.54. The summed E-state index contributed by atoms with van der Waals surface area (Å²) < 4.78 is 5.15. The first kappa shape index (κ1) is 15.0. The number of hydrogen-bond acceptors (Lipinski definition) is 2. The maximum atomic E-state index is 5.15. The molecule has 0 spiro atoms. The molecule has 0 saturated carbocycles. The lowest BCUT2D eigenvalue weighted by Crippen LogP contribution is -2.29. The molecule has 0 fully saturated rings. The van der Waals surface area contributed by atoms with Crippen molar-refractivity contribution in [1.29, 1.82) is 0 Å². The molecule has 2 atom stereocenters. The van der Waals surface area contributed by atoms with E-state index >= 15 is 0 Å². The van der Waals surface area contributed by atoms with Crippen molar-refractivity contribution in [1.82, 2.24) is 5.32 Å². The molecule has 0 heterocycles. The minimum Gasteiger partial charge on any atom is -0.497 e. The Labute approximate surface area is 112 Å². The molecule has 2 nitrogen and oxygen atoms in total. The van der Waals surface area contributed by atoms with Crippen molar-refractivity contribution >= 4 is 0 Å². The summed E-state index contributed by atoms with van der Waals surface area (Å²) in [5.74, 6) is 1.74. The average Bonchev–Trinajstić information content (AvgIpc) is 2.39. The Hall–Kier alpha value is -1.02. The van der Waals surface area contributed by atoms with E-state index in [9.17, 15) is 0 Å². The topological polar surface area (TPSA) is 21.3 Å². The van der Waals surface area contributed by atoms with E-state index in [0.717, 1.165) is 24.6 Å². The van der Waals surface area contributed by atoms with Crippen LogP contribution in [0.1, 0.15) is 39.2 Å². The number of hydrogen-bond donors (Lipinski definition) is 1. The molecule has 0 aliphatic heterocycles. The van der Waals surface area contributed by atoms with Gasteiger partial charge in [-0.3, -0.25) is 0 Å². The maximum Gasteiger partial charge on any atom is 0.118 e. The van der Waals surface area contributed by atoms with Crippen LogP contribution in [0.15, 0.2) is 24.3 Å². The van der Waals surface area contributed by atoms with Gasteiger partial charge in [-0.25, -0.2) is 0 Å². The highest BCUT2D eigenvalue weighted by Gasteiger charge is 2.06. The summed E-state index contributed by atoms with van der Waals surface area (Å²) in [5, 5.41) is 3.59. The number of rotatable bonds is 8. The summed E-state index contributed by atoms with van der Waals surface area (Å²) in [4.78, 5) is 0. The summed E-state index contributed by atoms with van der Waals surface area (Å²) in [7, 11) is 1.70. The van der Waals surface area contributed by atoms with E-state index in [0.29, 0.717) is 6.04 Å². The van der Waals surface area contributed by atoms with Crippen molar-refractivity contribution < 1.29 is 4.74 Å². The second-order valence-corrected chi connectivity index (χ2v) is 5.20. The van der Waals surface area contributed by atoms with E-state index in [-0.39, 0.29) is 0 Å². The molecule has 0 radical (unpaired) electrons. The lowest BCUT2D eigenvalue weighted by atomic mass is 10.0. The molecule has 102 valence electrons. The Morgan fingerprint density at radius 1 is 1.17 bits per heavy atom. The monoisotopic (exact) mass is 249 g/mol. The first-order chi connectivity index (χ1) is 8.65. The standard InChI is InChI=1S/C16H27NO/c1-5-13(2)12-14(3)17-11-10-15-6-8-16(18-4)9-7-15/h6-9,13-14,17H,5,10-12H2,1-4H3.